The molecule has 0 radical (unpaired) electrons. The molecule has 16 heavy (non-hydrogen) atoms. The van der Waals surface area contributed by atoms with Crippen LogP contribution in [-0.2, 0) is 4.79 Å². The molecule has 0 amide bonds. The van der Waals surface area contributed by atoms with E-state index in [0.29, 0.717) is 25.1 Å². The van der Waals surface area contributed by atoms with Crippen LogP contribution in [0.4, 0.5) is 0 Å². The van der Waals surface area contributed by atoms with E-state index < -0.39 is 12.0 Å². The number of aliphatic carboxylic acids is 1. The van der Waals surface area contributed by atoms with Gasteiger partial charge in [-0.1, -0.05) is 18.2 Å². The average molecular weight is 226 g/mol. The molecule has 5 heteroatoms. The third-order valence-corrected chi connectivity index (χ3v) is 1.79. The lowest BCUT2D eigenvalue weighted by Crippen LogP contribution is -2.30. The number of aromatic hydroxyl groups is 1. The van der Waals surface area contributed by atoms with Crippen molar-refractivity contribution in [2.75, 3.05) is 6.54 Å². The van der Waals surface area contributed by atoms with Crippen LogP contribution in [0.25, 0.3) is 0 Å². The zero-order valence-corrected chi connectivity index (χ0v) is 9.04. The number of hydrogen-bond acceptors (Lipinski definition) is 4. The fourth-order valence-electron chi connectivity index (χ4n) is 0.889. The maximum atomic E-state index is 10.0. The molecule has 0 aliphatic carbocycles. The second kappa shape index (κ2) is 8.70. The first kappa shape index (κ1) is 14.4. The summed E-state index contributed by atoms with van der Waals surface area (Å²) >= 11 is 0. The molecular weight excluding hydrogens is 208 g/mol. The van der Waals surface area contributed by atoms with E-state index in [4.69, 9.17) is 21.7 Å². The molecule has 0 bridgehead atoms. The van der Waals surface area contributed by atoms with Crippen LogP contribution in [0.5, 0.6) is 5.75 Å². The number of para-hydroxylation sites is 1. The van der Waals surface area contributed by atoms with E-state index in [1.165, 1.54) is 0 Å². The van der Waals surface area contributed by atoms with Crippen LogP contribution in [-0.4, -0.2) is 28.8 Å². The Morgan fingerprint density at radius 2 is 1.88 bits per heavy atom. The third kappa shape index (κ3) is 7.78. The molecule has 0 fully saturated rings. The monoisotopic (exact) mass is 226 g/mol. The Bertz CT molecular complexity index is 291. The van der Waals surface area contributed by atoms with Crippen molar-refractivity contribution < 1.29 is 15.0 Å². The van der Waals surface area contributed by atoms with Gasteiger partial charge in [-0.3, -0.25) is 4.79 Å². The van der Waals surface area contributed by atoms with Crippen LogP contribution in [0.3, 0.4) is 0 Å². The second-order valence-electron chi connectivity index (χ2n) is 3.21. The number of phenols is 1. The van der Waals surface area contributed by atoms with Crippen molar-refractivity contribution in [3.05, 3.63) is 30.3 Å². The molecule has 0 aliphatic rings. The highest BCUT2D eigenvalue weighted by atomic mass is 16.4. The minimum absolute atomic E-state index is 0.322. The summed E-state index contributed by atoms with van der Waals surface area (Å²) in [5, 5.41) is 16.9. The maximum Gasteiger partial charge on any atom is 0.320 e. The lowest BCUT2D eigenvalue weighted by atomic mass is 10.2. The zero-order valence-electron chi connectivity index (χ0n) is 9.04. The van der Waals surface area contributed by atoms with Gasteiger partial charge in [-0.2, -0.15) is 0 Å². The molecule has 5 nitrogen and oxygen atoms in total. The second-order valence-corrected chi connectivity index (χ2v) is 3.21. The van der Waals surface area contributed by atoms with Gasteiger partial charge < -0.3 is 21.7 Å². The lowest BCUT2D eigenvalue weighted by molar-refractivity contribution is -0.138. The maximum absolute atomic E-state index is 10.0. The summed E-state index contributed by atoms with van der Waals surface area (Å²) in [7, 11) is 0. The summed E-state index contributed by atoms with van der Waals surface area (Å²) in [5.41, 5.74) is 10.3. The molecule has 0 heterocycles. The Balaban J connectivity index is 0.000000288. The highest BCUT2D eigenvalue weighted by molar-refractivity contribution is 5.72. The molecular formula is C11H18N2O3. The summed E-state index contributed by atoms with van der Waals surface area (Å²) in [6.07, 6.45) is 1.14. The molecule has 0 aromatic heterocycles. The first-order valence-corrected chi connectivity index (χ1v) is 5.00. The Hall–Kier alpha value is -1.59. The predicted octanol–water partition coefficient (Wildman–Crippen LogP) is 0.529. The number of carboxylic acids is 1. The van der Waals surface area contributed by atoms with Crippen molar-refractivity contribution in [1.29, 1.82) is 0 Å². The topological polar surface area (TPSA) is 110 Å². The predicted molar refractivity (Wildman–Crippen MR) is 62.0 cm³/mol. The Labute approximate surface area is 94.7 Å². The largest absolute Gasteiger partial charge is 0.508 e. The van der Waals surface area contributed by atoms with E-state index >= 15 is 0 Å². The number of benzene rings is 1. The van der Waals surface area contributed by atoms with Crippen molar-refractivity contribution in [2.24, 2.45) is 11.5 Å². The fraction of sp³-hybridized carbons (Fsp3) is 0.364. The Morgan fingerprint density at radius 3 is 2.19 bits per heavy atom. The molecule has 1 atom stereocenters. The molecule has 1 rings (SSSR count). The molecule has 0 saturated heterocycles. The average Bonchev–Trinajstić information content (AvgIpc) is 2.27. The normalized spacial score (nSPS) is 11.1. The van der Waals surface area contributed by atoms with Crippen molar-refractivity contribution in [2.45, 2.75) is 18.9 Å². The van der Waals surface area contributed by atoms with Gasteiger partial charge in [-0.05, 0) is 31.5 Å². The SMILES string of the molecule is NCCC[C@H](N)C(=O)O.Oc1ccccc1. The van der Waals surface area contributed by atoms with Gasteiger partial charge in [0.15, 0.2) is 0 Å². The highest BCUT2D eigenvalue weighted by Crippen LogP contribution is 2.02. The summed E-state index contributed by atoms with van der Waals surface area (Å²) < 4.78 is 0. The van der Waals surface area contributed by atoms with E-state index in [0.717, 1.165) is 0 Å². The van der Waals surface area contributed by atoms with E-state index in [9.17, 15) is 4.79 Å². The van der Waals surface area contributed by atoms with E-state index in [1.807, 2.05) is 6.07 Å². The van der Waals surface area contributed by atoms with Gasteiger partial charge in [-0.15, -0.1) is 0 Å². The van der Waals surface area contributed by atoms with Crippen LogP contribution in [0.1, 0.15) is 12.8 Å². The molecule has 0 saturated carbocycles. The third-order valence-electron chi connectivity index (χ3n) is 1.79. The molecule has 0 aliphatic heterocycles. The zero-order chi connectivity index (χ0) is 12.4. The van der Waals surface area contributed by atoms with Crippen LogP contribution in [0.15, 0.2) is 30.3 Å². The van der Waals surface area contributed by atoms with Gasteiger partial charge in [-0.25, -0.2) is 0 Å². The van der Waals surface area contributed by atoms with Crippen LogP contribution >= 0.6 is 0 Å². The number of carbonyl (C=O) groups is 1. The number of carboxylic acid groups (broad SMARTS) is 1. The van der Waals surface area contributed by atoms with Gasteiger partial charge in [0.05, 0.1) is 0 Å². The van der Waals surface area contributed by atoms with Crippen LogP contribution < -0.4 is 11.5 Å². The quantitative estimate of drug-likeness (QED) is 0.598. The van der Waals surface area contributed by atoms with Crippen molar-refractivity contribution >= 4 is 5.97 Å². The van der Waals surface area contributed by atoms with Crippen LogP contribution in [0, 0.1) is 0 Å². The number of hydrogen-bond donors (Lipinski definition) is 4. The van der Waals surface area contributed by atoms with Crippen molar-refractivity contribution in [3.63, 3.8) is 0 Å². The first-order chi connectivity index (χ1) is 7.57. The minimum Gasteiger partial charge on any atom is -0.508 e. The molecule has 6 N–H and O–H groups in total. The fourth-order valence-corrected chi connectivity index (χ4v) is 0.889. The van der Waals surface area contributed by atoms with E-state index in [1.54, 1.807) is 24.3 Å². The number of rotatable bonds is 4. The molecule has 90 valence electrons. The minimum atomic E-state index is -0.955. The van der Waals surface area contributed by atoms with Crippen LogP contribution in [0.2, 0.25) is 0 Å². The van der Waals surface area contributed by atoms with Gasteiger partial charge in [0.1, 0.15) is 11.8 Å². The van der Waals surface area contributed by atoms with Crippen molar-refractivity contribution in [1.82, 2.24) is 0 Å². The summed E-state index contributed by atoms with van der Waals surface area (Å²) in [6.45, 7) is 0.501. The van der Waals surface area contributed by atoms with E-state index in [-0.39, 0.29) is 0 Å². The van der Waals surface area contributed by atoms with Gasteiger partial charge in [0, 0.05) is 0 Å². The highest BCUT2D eigenvalue weighted by Gasteiger charge is 2.08. The number of nitrogens with two attached hydrogens (primary N) is 2. The van der Waals surface area contributed by atoms with Gasteiger partial charge in [0.2, 0.25) is 0 Å². The van der Waals surface area contributed by atoms with Crippen molar-refractivity contribution in [3.8, 4) is 5.75 Å². The summed E-state index contributed by atoms with van der Waals surface area (Å²) in [5.74, 6) is -0.633. The summed E-state index contributed by atoms with van der Waals surface area (Å²) in [4.78, 5) is 10.0. The molecule has 0 spiro atoms. The lowest BCUT2D eigenvalue weighted by Gasteiger charge is -2.02. The van der Waals surface area contributed by atoms with Gasteiger partial charge in [0.25, 0.3) is 0 Å². The Morgan fingerprint density at radius 1 is 1.31 bits per heavy atom. The molecule has 1 aromatic rings. The van der Waals surface area contributed by atoms with Gasteiger partial charge >= 0.3 is 5.97 Å². The number of phenolic OH excluding ortho intramolecular Hbond substituents is 1. The Kier molecular flexibility index (Phi) is 7.83. The summed E-state index contributed by atoms with van der Waals surface area (Å²) in [6, 6.07) is 7.97. The molecule has 1 aromatic carbocycles. The standard InChI is InChI=1S/C6H6O.C5H12N2O2/c7-6-4-2-1-3-5-6;6-3-1-2-4(7)5(8)9/h1-5,7H;4H,1-3,6-7H2,(H,8,9)/t;4-/m.0/s1. The van der Waals surface area contributed by atoms with E-state index in [2.05, 4.69) is 0 Å². The molecule has 0 unspecified atom stereocenters. The smallest absolute Gasteiger partial charge is 0.320 e. The first-order valence-electron chi connectivity index (χ1n) is 5.00.